The molecule has 0 aromatic heterocycles. The van der Waals surface area contributed by atoms with Crippen LogP contribution in [0.5, 0.6) is 0 Å². The minimum atomic E-state index is -0.757. The lowest BCUT2D eigenvalue weighted by atomic mass is 10.1. The van der Waals surface area contributed by atoms with Gasteiger partial charge in [0.15, 0.2) is 0 Å². The Hall–Kier alpha value is -2.39. The van der Waals surface area contributed by atoms with Crippen LogP contribution < -0.4 is 5.73 Å². The van der Waals surface area contributed by atoms with E-state index in [1.54, 1.807) is 18.2 Å². The van der Waals surface area contributed by atoms with Crippen molar-refractivity contribution in [3.8, 4) is 6.07 Å². The summed E-state index contributed by atoms with van der Waals surface area (Å²) in [5.41, 5.74) is 6.03. The third-order valence-corrected chi connectivity index (χ3v) is 2.96. The van der Waals surface area contributed by atoms with Gasteiger partial charge in [0.05, 0.1) is 24.8 Å². The number of morpholine rings is 1. The van der Waals surface area contributed by atoms with Gasteiger partial charge < -0.3 is 15.4 Å². The number of carbonyl (C=O) groups excluding carboxylic acids is 2. The zero-order valence-corrected chi connectivity index (χ0v) is 10.2. The fraction of sp³-hybridized carbons (Fsp3) is 0.308. The van der Waals surface area contributed by atoms with Crippen molar-refractivity contribution in [2.75, 3.05) is 19.8 Å². The van der Waals surface area contributed by atoms with Gasteiger partial charge in [0.25, 0.3) is 5.91 Å². The summed E-state index contributed by atoms with van der Waals surface area (Å²) < 4.78 is 5.16. The Kier molecular flexibility index (Phi) is 3.78. The Bertz CT molecular complexity index is 550. The van der Waals surface area contributed by atoms with Gasteiger partial charge in [0, 0.05) is 12.1 Å². The number of hydrogen-bond acceptors (Lipinski definition) is 4. The summed E-state index contributed by atoms with van der Waals surface area (Å²) in [5, 5.41) is 8.83. The molecule has 1 aliphatic heterocycles. The maximum Gasteiger partial charge on any atom is 0.254 e. The Morgan fingerprint density at radius 1 is 1.47 bits per heavy atom. The summed E-state index contributed by atoms with van der Waals surface area (Å²) in [5.74, 6) is -0.909. The molecule has 98 valence electrons. The number of primary amides is 1. The monoisotopic (exact) mass is 259 g/mol. The first-order valence-corrected chi connectivity index (χ1v) is 5.81. The Morgan fingerprint density at radius 2 is 2.26 bits per heavy atom. The van der Waals surface area contributed by atoms with E-state index >= 15 is 0 Å². The molecule has 1 unspecified atom stereocenters. The van der Waals surface area contributed by atoms with E-state index in [0.29, 0.717) is 24.3 Å². The third kappa shape index (κ3) is 2.72. The number of hydrogen-bond donors (Lipinski definition) is 1. The highest BCUT2D eigenvalue weighted by molar-refractivity contribution is 5.97. The van der Waals surface area contributed by atoms with Crippen molar-refractivity contribution in [2.45, 2.75) is 6.04 Å². The highest BCUT2D eigenvalue weighted by Crippen LogP contribution is 2.13. The standard InChI is InChI=1S/C13H13N3O3/c14-7-9-2-1-3-10(6-9)13(18)16-4-5-19-8-11(16)12(15)17/h1-3,6,11H,4-5,8H2,(H2,15,17). The number of nitrogens with zero attached hydrogens (tertiary/aromatic N) is 2. The zero-order valence-electron chi connectivity index (χ0n) is 10.2. The van der Waals surface area contributed by atoms with Gasteiger partial charge in [0.2, 0.25) is 5.91 Å². The molecule has 1 heterocycles. The van der Waals surface area contributed by atoms with E-state index < -0.39 is 11.9 Å². The van der Waals surface area contributed by atoms with Gasteiger partial charge >= 0.3 is 0 Å². The van der Waals surface area contributed by atoms with Crippen LogP contribution in [0, 0.1) is 11.3 Å². The van der Waals surface area contributed by atoms with E-state index in [1.165, 1.54) is 11.0 Å². The molecule has 1 aromatic rings. The van der Waals surface area contributed by atoms with Crippen molar-refractivity contribution in [1.82, 2.24) is 4.90 Å². The molecule has 0 aliphatic carbocycles. The predicted molar refractivity (Wildman–Crippen MR) is 66.0 cm³/mol. The van der Waals surface area contributed by atoms with Crippen molar-refractivity contribution >= 4 is 11.8 Å². The van der Waals surface area contributed by atoms with Crippen LogP contribution in [0.15, 0.2) is 24.3 Å². The Labute approximate surface area is 110 Å². The summed E-state index contributed by atoms with van der Waals surface area (Å²) in [4.78, 5) is 25.0. The molecule has 6 nitrogen and oxygen atoms in total. The molecule has 1 atom stereocenters. The molecule has 0 saturated carbocycles. The van der Waals surface area contributed by atoms with Crippen LogP contribution >= 0.6 is 0 Å². The second kappa shape index (κ2) is 5.50. The lowest BCUT2D eigenvalue weighted by Crippen LogP contribution is -2.54. The van der Waals surface area contributed by atoms with Gasteiger partial charge in [0.1, 0.15) is 6.04 Å². The average Bonchev–Trinajstić information content (AvgIpc) is 2.46. The first kappa shape index (κ1) is 13.1. The summed E-state index contributed by atoms with van der Waals surface area (Å²) in [6.07, 6.45) is 0. The molecule has 1 fully saturated rings. The number of ether oxygens (including phenoxy) is 1. The SMILES string of the molecule is N#Cc1cccc(C(=O)N2CCOCC2C(N)=O)c1. The minimum absolute atomic E-state index is 0.110. The van der Waals surface area contributed by atoms with E-state index in [-0.39, 0.29) is 12.5 Å². The predicted octanol–water partition coefficient (Wildman–Crippen LogP) is -0.115. The summed E-state index contributed by atoms with van der Waals surface area (Å²) in [6.45, 7) is 0.787. The van der Waals surface area contributed by atoms with Gasteiger partial charge in [-0.2, -0.15) is 5.26 Å². The fourth-order valence-electron chi connectivity index (χ4n) is 1.97. The average molecular weight is 259 g/mol. The van der Waals surface area contributed by atoms with Crippen molar-refractivity contribution < 1.29 is 14.3 Å². The normalized spacial score (nSPS) is 18.7. The second-order valence-electron chi connectivity index (χ2n) is 4.18. The highest BCUT2D eigenvalue weighted by atomic mass is 16.5. The maximum atomic E-state index is 12.3. The van der Waals surface area contributed by atoms with Gasteiger partial charge in [-0.3, -0.25) is 9.59 Å². The lowest BCUT2D eigenvalue weighted by Gasteiger charge is -2.33. The van der Waals surface area contributed by atoms with Crippen LogP contribution in [-0.4, -0.2) is 42.5 Å². The van der Waals surface area contributed by atoms with Crippen LogP contribution in [0.2, 0.25) is 0 Å². The Morgan fingerprint density at radius 3 is 2.95 bits per heavy atom. The number of carbonyl (C=O) groups is 2. The molecule has 1 aliphatic rings. The quantitative estimate of drug-likeness (QED) is 0.801. The molecule has 2 rings (SSSR count). The van der Waals surface area contributed by atoms with Crippen LogP contribution in [0.1, 0.15) is 15.9 Å². The van der Waals surface area contributed by atoms with Crippen molar-refractivity contribution in [2.24, 2.45) is 5.73 Å². The van der Waals surface area contributed by atoms with Crippen molar-refractivity contribution in [3.05, 3.63) is 35.4 Å². The summed E-state index contributed by atoms with van der Waals surface area (Å²) in [6, 6.07) is 7.56. The summed E-state index contributed by atoms with van der Waals surface area (Å²) >= 11 is 0. The van der Waals surface area contributed by atoms with Crippen LogP contribution in [0.3, 0.4) is 0 Å². The number of rotatable bonds is 2. The molecule has 1 saturated heterocycles. The molecule has 2 amide bonds. The first-order chi connectivity index (χ1) is 9.13. The molecule has 0 bridgehead atoms. The number of amides is 2. The molecular formula is C13H13N3O3. The van der Waals surface area contributed by atoms with E-state index in [9.17, 15) is 9.59 Å². The minimum Gasteiger partial charge on any atom is -0.377 e. The third-order valence-electron chi connectivity index (χ3n) is 2.96. The number of benzene rings is 1. The first-order valence-electron chi connectivity index (χ1n) is 5.81. The molecule has 6 heteroatoms. The van der Waals surface area contributed by atoms with Crippen LogP contribution in [0.4, 0.5) is 0 Å². The summed E-state index contributed by atoms with van der Waals surface area (Å²) in [7, 11) is 0. The van der Waals surface area contributed by atoms with Crippen LogP contribution in [-0.2, 0) is 9.53 Å². The van der Waals surface area contributed by atoms with E-state index in [4.69, 9.17) is 15.7 Å². The Balaban J connectivity index is 2.26. The number of nitriles is 1. The topological polar surface area (TPSA) is 96.4 Å². The largest absolute Gasteiger partial charge is 0.377 e. The fourth-order valence-corrected chi connectivity index (χ4v) is 1.97. The van der Waals surface area contributed by atoms with E-state index in [1.807, 2.05) is 6.07 Å². The molecular weight excluding hydrogens is 246 g/mol. The second-order valence-corrected chi connectivity index (χ2v) is 4.18. The van der Waals surface area contributed by atoms with Crippen molar-refractivity contribution in [3.63, 3.8) is 0 Å². The molecule has 19 heavy (non-hydrogen) atoms. The van der Waals surface area contributed by atoms with Gasteiger partial charge in [-0.1, -0.05) is 6.07 Å². The van der Waals surface area contributed by atoms with Gasteiger partial charge in [-0.25, -0.2) is 0 Å². The van der Waals surface area contributed by atoms with E-state index in [2.05, 4.69) is 0 Å². The highest BCUT2D eigenvalue weighted by Gasteiger charge is 2.31. The number of nitrogens with two attached hydrogens (primary N) is 1. The smallest absolute Gasteiger partial charge is 0.254 e. The molecule has 2 N–H and O–H groups in total. The maximum absolute atomic E-state index is 12.3. The molecule has 0 radical (unpaired) electrons. The molecule has 0 spiro atoms. The van der Waals surface area contributed by atoms with E-state index in [0.717, 1.165) is 0 Å². The molecule has 1 aromatic carbocycles. The van der Waals surface area contributed by atoms with Crippen LogP contribution in [0.25, 0.3) is 0 Å². The lowest BCUT2D eigenvalue weighted by molar-refractivity contribution is -0.127. The van der Waals surface area contributed by atoms with Crippen molar-refractivity contribution in [1.29, 1.82) is 5.26 Å². The van der Waals surface area contributed by atoms with Gasteiger partial charge in [-0.15, -0.1) is 0 Å². The van der Waals surface area contributed by atoms with Gasteiger partial charge in [-0.05, 0) is 18.2 Å². The zero-order chi connectivity index (χ0) is 13.8.